The van der Waals surface area contributed by atoms with E-state index in [1.807, 2.05) is 12.1 Å². The molecule has 0 aliphatic carbocycles. The van der Waals surface area contributed by atoms with Crippen LogP contribution in [0.3, 0.4) is 0 Å². The molecular weight excluding hydrogens is 236 g/mol. The molecule has 17 heavy (non-hydrogen) atoms. The summed E-state index contributed by atoms with van der Waals surface area (Å²) in [7, 11) is 0. The summed E-state index contributed by atoms with van der Waals surface area (Å²) in [6, 6.07) is 3.82. The van der Waals surface area contributed by atoms with Gasteiger partial charge in [0.25, 0.3) is 0 Å². The van der Waals surface area contributed by atoms with Crippen LogP contribution in [0, 0.1) is 0 Å². The first-order valence-electron chi connectivity index (χ1n) is 6.23. The van der Waals surface area contributed by atoms with Crippen LogP contribution in [0.25, 0.3) is 0 Å². The Labute approximate surface area is 109 Å². The van der Waals surface area contributed by atoms with Gasteiger partial charge in [0.1, 0.15) is 0 Å². The number of pyridine rings is 1. The van der Waals surface area contributed by atoms with Gasteiger partial charge in [-0.2, -0.15) is 0 Å². The molecular formula is C13H21ClN2O. The number of rotatable bonds is 8. The molecule has 1 heterocycles. The van der Waals surface area contributed by atoms with Crippen molar-refractivity contribution in [1.82, 2.24) is 4.98 Å². The number of hydrogen-bond acceptors (Lipinski definition) is 3. The van der Waals surface area contributed by atoms with Crippen LogP contribution in [0.5, 0.6) is 5.75 Å². The highest BCUT2D eigenvalue weighted by Gasteiger charge is 2.05. The molecule has 0 spiro atoms. The molecule has 1 rings (SSSR count). The van der Waals surface area contributed by atoms with Gasteiger partial charge in [0.05, 0.1) is 6.61 Å². The molecule has 96 valence electrons. The summed E-state index contributed by atoms with van der Waals surface area (Å²) in [5.41, 5.74) is 0. The van der Waals surface area contributed by atoms with E-state index in [4.69, 9.17) is 16.3 Å². The third-order valence-electron chi connectivity index (χ3n) is 2.43. The van der Waals surface area contributed by atoms with Crippen molar-refractivity contribution in [3.63, 3.8) is 0 Å². The zero-order valence-corrected chi connectivity index (χ0v) is 11.3. The average molecular weight is 257 g/mol. The van der Waals surface area contributed by atoms with E-state index in [0.717, 1.165) is 37.4 Å². The molecule has 0 saturated heterocycles. The second-order valence-corrected chi connectivity index (χ2v) is 4.54. The SMILES string of the molecule is CCCOc1cccnc1NCCC(Cl)CC. The maximum atomic E-state index is 6.06. The molecule has 1 atom stereocenters. The van der Waals surface area contributed by atoms with Gasteiger partial charge in [0.15, 0.2) is 11.6 Å². The fraction of sp³-hybridized carbons (Fsp3) is 0.615. The Hall–Kier alpha value is -0.960. The minimum Gasteiger partial charge on any atom is -0.490 e. The first-order valence-corrected chi connectivity index (χ1v) is 6.67. The summed E-state index contributed by atoms with van der Waals surface area (Å²) >= 11 is 6.06. The molecule has 4 heteroatoms. The molecule has 0 saturated carbocycles. The lowest BCUT2D eigenvalue weighted by Gasteiger charge is -2.12. The summed E-state index contributed by atoms with van der Waals surface area (Å²) in [5.74, 6) is 1.62. The molecule has 0 amide bonds. The third kappa shape index (κ3) is 5.26. The fourth-order valence-electron chi connectivity index (χ4n) is 1.40. The number of ether oxygens (including phenoxy) is 1. The Morgan fingerprint density at radius 1 is 1.47 bits per heavy atom. The van der Waals surface area contributed by atoms with E-state index < -0.39 is 0 Å². The second kappa shape index (κ2) is 8.18. The average Bonchev–Trinajstić information content (AvgIpc) is 2.37. The van der Waals surface area contributed by atoms with Gasteiger partial charge in [-0.15, -0.1) is 11.6 Å². The molecule has 1 N–H and O–H groups in total. The van der Waals surface area contributed by atoms with Crippen LogP contribution in [0.2, 0.25) is 0 Å². The highest BCUT2D eigenvalue weighted by Crippen LogP contribution is 2.21. The molecule has 0 aliphatic rings. The summed E-state index contributed by atoms with van der Waals surface area (Å²) in [5, 5.41) is 3.49. The topological polar surface area (TPSA) is 34.1 Å². The molecule has 1 aromatic heterocycles. The van der Waals surface area contributed by atoms with Crippen molar-refractivity contribution >= 4 is 17.4 Å². The van der Waals surface area contributed by atoms with Crippen LogP contribution in [0.1, 0.15) is 33.1 Å². The number of anilines is 1. The molecule has 3 nitrogen and oxygen atoms in total. The fourth-order valence-corrected chi connectivity index (χ4v) is 1.51. The van der Waals surface area contributed by atoms with Crippen LogP contribution in [-0.2, 0) is 0 Å². The minimum atomic E-state index is 0.228. The zero-order valence-electron chi connectivity index (χ0n) is 10.6. The number of nitrogens with zero attached hydrogens (tertiary/aromatic N) is 1. The Bertz CT molecular complexity index is 320. The van der Waals surface area contributed by atoms with E-state index in [1.165, 1.54) is 0 Å². The Kier molecular flexibility index (Phi) is 6.78. The maximum absolute atomic E-state index is 6.06. The van der Waals surface area contributed by atoms with Gasteiger partial charge in [-0.05, 0) is 31.4 Å². The zero-order chi connectivity index (χ0) is 12.5. The standard InChI is InChI=1S/C13H21ClN2O/c1-3-10-17-12-6-5-8-15-13(12)16-9-7-11(14)4-2/h5-6,8,11H,3-4,7,9-10H2,1-2H3,(H,15,16). The first-order chi connectivity index (χ1) is 8.27. The molecule has 0 fully saturated rings. The molecule has 1 aromatic rings. The summed E-state index contributed by atoms with van der Waals surface area (Å²) < 4.78 is 5.61. The van der Waals surface area contributed by atoms with Crippen LogP contribution in [-0.4, -0.2) is 23.5 Å². The normalized spacial score (nSPS) is 12.2. The summed E-state index contributed by atoms with van der Waals surface area (Å²) in [4.78, 5) is 4.28. The van der Waals surface area contributed by atoms with Crippen molar-refractivity contribution in [3.05, 3.63) is 18.3 Å². The minimum absolute atomic E-state index is 0.228. The number of halogens is 1. The van der Waals surface area contributed by atoms with E-state index in [-0.39, 0.29) is 5.38 Å². The van der Waals surface area contributed by atoms with Gasteiger partial charge < -0.3 is 10.1 Å². The van der Waals surface area contributed by atoms with Crippen molar-refractivity contribution in [2.45, 2.75) is 38.5 Å². The van der Waals surface area contributed by atoms with Gasteiger partial charge in [-0.3, -0.25) is 0 Å². The number of alkyl halides is 1. The second-order valence-electron chi connectivity index (χ2n) is 3.92. The lowest BCUT2D eigenvalue weighted by atomic mass is 10.2. The van der Waals surface area contributed by atoms with Crippen molar-refractivity contribution in [3.8, 4) is 5.75 Å². The van der Waals surface area contributed by atoms with E-state index in [2.05, 4.69) is 24.1 Å². The lowest BCUT2D eigenvalue weighted by Crippen LogP contribution is -2.10. The van der Waals surface area contributed by atoms with Crippen molar-refractivity contribution in [2.75, 3.05) is 18.5 Å². The summed E-state index contributed by atoms with van der Waals surface area (Å²) in [6.45, 7) is 5.71. The van der Waals surface area contributed by atoms with E-state index in [1.54, 1.807) is 6.20 Å². The maximum Gasteiger partial charge on any atom is 0.168 e. The van der Waals surface area contributed by atoms with Crippen LogP contribution < -0.4 is 10.1 Å². The smallest absolute Gasteiger partial charge is 0.168 e. The van der Waals surface area contributed by atoms with Gasteiger partial charge in [0, 0.05) is 18.1 Å². The Balaban J connectivity index is 2.45. The van der Waals surface area contributed by atoms with Gasteiger partial charge >= 0.3 is 0 Å². The van der Waals surface area contributed by atoms with Crippen molar-refractivity contribution in [1.29, 1.82) is 0 Å². The van der Waals surface area contributed by atoms with Gasteiger partial charge in [0.2, 0.25) is 0 Å². The molecule has 0 radical (unpaired) electrons. The Morgan fingerprint density at radius 2 is 2.29 bits per heavy atom. The van der Waals surface area contributed by atoms with Crippen LogP contribution >= 0.6 is 11.6 Å². The molecule has 0 aliphatic heterocycles. The number of aromatic nitrogens is 1. The van der Waals surface area contributed by atoms with Crippen molar-refractivity contribution in [2.24, 2.45) is 0 Å². The van der Waals surface area contributed by atoms with Crippen molar-refractivity contribution < 1.29 is 4.74 Å². The number of nitrogens with one attached hydrogen (secondary N) is 1. The van der Waals surface area contributed by atoms with Gasteiger partial charge in [-0.1, -0.05) is 13.8 Å². The lowest BCUT2D eigenvalue weighted by molar-refractivity contribution is 0.318. The predicted molar refractivity (Wildman–Crippen MR) is 73.1 cm³/mol. The van der Waals surface area contributed by atoms with E-state index in [9.17, 15) is 0 Å². The van der Waals surface area contributed by atoms with Crippen LogP contribution in [0.4, 0.5) is 5.82 Å². The largest absolute Gasteiger partial charge is 0.490 e. The third-order valence-corrected chi connectivity index (χ3v) is 2.95. The highest BCUT2D eigenvalue weighted by molar-refractivity contribution is 6.20. The number of hydrogen-bond donors (Lipinski definition) is 1. The first kappa shape index (κ1) is 14.1. The van der Waals surface area contributed by atoms with E-state index >= 15 is 0 Å². The monoisotopic (exact) mass is 256 g/mol. The highest BCUT2D eigenvalue weighted by atomic mass is 35.5. The quantitative estimate of drug-likeness (QED) is 0.721. The summed E-state index contributed by atoms with van der Waals surface area (Å²) in [6.07, 6.45) is 4.68. The molecule has 0 aromatic carbocycles. The molecule has 1 unspecified atom stereocenters. The van der Waals surface area contributed by atoms with Gasteiger partial charge in [-0.25, -0.2) is 4.98 Å². The predicted octanol–water partition coefficient (Wildman–Crippen LogP) is 3.69. The van der Waals surface area contributed by atoms with Crippen LogP contribution in [0.15, 0.2) is 18.3 Å². The van der Waals surface area contributed by atoms with E-state index in [0.29, 0.717) is 6.61 Å². The molecule has 0 bridgehead atoms. The Morgan fingerprint density at radius 3 is 3.00 bits per heavy atom.